The molecule has 0 radical (unpaired) electrons. The van der Waals surface area contributed by atoms with Crippen LogP contribution in [0.4, 0.5) is 0 Å². The first-order valence-electron chi connectivity index (χ1n) is 11.9. The van der Waals surface area contributed by atoms with Gasteiger partial charge in [0.1, 0.15) is 0 Å². The van der Waals surface area contributed by atoms with Crippen LogP contribution in [-0.4, -0.2) is 57.7 Å². The van der Waals surface area contributed by atoms with Crippen LogP contribution in [-0.2, 0) is 22.7 Å². The van der Waals surface area contributed by atoms with E-state index in [1.165, 1.54) is 5.01 Å². The summed E-state index contributed by atoms with van der Waals surface area (Å²) in [6.45, 7) is 2.25. The first-order chi connectivity index (χ1) is 16.5. The summed E-state index contributed by atoms with van der Waals surface area (Å²) in [5.74, 6) is -0.872. The van der Waals surface area contributed by atoms with Crippen LogP contribution in [0.1, 0.15) is 63.9 Å². The summed E-state index contributed by atoms with van der Waals surface area (Å²) in [5, 5.41) is 5.86. The summed E-state index contributed by atoms with van der Waals surface area (Å²) < 4.78 is 0. The number of nitrogens with zero attached hydrogens (tertiary/aromatic N) is 3. The van der Waals surface area contributed by atoms with Crippen molar-refractivity contribution in [1.29, 1.82) is 0 Å². The molecule has 2 aromatic rings. The van der Waals surface area contributed by atoms with E-state index < -0.39 is 0 Å². The number of imide groups is 1. The smallest absolute Gasteiger partial charge is 0.273 e. The molecular formula is C26H28N4O4. The average Bonchev–Trinajstić information content (AvgIpc) is 3.18. The molecule has 1 atom stereocenters. The number of nitrogens with one attached hydrogen (secondary N) is 1. The van der Waals surface area contributed by atoms with E-state index in [0.29, 0.717) is 30.6 Å². The average molecular weight is 461 g/mol. The minimum Gasteiger partial charge on any atom is -0.337 e. The second kappa shape index (κ2) is 9.38. The van der Waals surface area contributed by atoms with Gasteiger partial charge in [-0.15, -0.1) is 0 Å². The maximum Gasteiger partial charge on any atom is 0.273 e. The number of piperidine rings is 2. The lowest BCUT2D eigenvalue weighted by atomic mass is 10.0. The number of hydrogen-bond acceptors (Lipinski definition) is 5. The molecule has 8 nitrogen and oxygen atoms in total. The third-order valence-corrected chi connectivity index (χ3v) is 6.77. The number of likely N-dealkylation sites (tertiary alicyclic amines) is 1. The Morgan fingerprint density at radius 1 is 0.971 bits per heavy atom. The van der Waals surface area contributed by atoms with E-state index in [0.717, 1.165) is 35.5 Å². The zero-order valence-electron chi connectivity index (χ0n) is 19.0. The lowest BCUT2D eigenvalue weighted by molar-refractivity contribution is -0.163. The molecule has 4 amide bonds. The fraction of sp³-hybridized carbons (Fsp3) is 0.385. The summed E-state index contributed by atoms with van der Waals surface area (Å²) >= 11 is 0. The molecule has 0 aromatic heterocycles. The summed E-state index contributed by atoms with van der Waals surface area (Å²) in [6, 6.07) is 15.2. The van der Waals surface area contributed by atoms with E-state index in [1.807, 2.05) is 47.4 Å². The third kappa shape index (κ3) is 4.33. The molecule has 8 heteroatoms. The molecule has 2 saturated heterocycles. The van der Waals surface area contributed by atoms with Crippen molar-refractivity contribution in [2.24, 2.45) is 0 Å². The highest BCUT2D eigenvalue weighted by Crippen LogP contribution is 2.28. The van der Waals surface area contributed by atoms with Gasteiger partial charge in [0.2, 0.25) is 11.8 Å². The van der Waals surface area contributed by atoms with Gasteiger partial charge in [0, 0.05) is 49.6 Å². The van der Waals surface area contributed by atoms with E-state index in [1.54, 1.807) is 6.07 Å². The molecule has 1 N–H and O–H groups in total. The molecule has 0 saturated carbocycles. The van der Waals surface area contributed by atoms with Gasteiger partial charge in [-0.2, -0.15) is 5.01 Å². The van der Waals surface area contributed by atoms with Crippen molar-refractivity contribution in [3.63, 3.8) is 0 Å². The summed E-state index contributed by atoms with van der Waals surface area (Å²) in [5.41, 5.74) is 3.09. The molecule has 3 aliphatic heterocycles. The number of hydrazine groups is 1. The Kier molecular flexibility index (Phi) is 6.15. The van der Waals surface area contributed by atoms with Gasteiger partial charge in [-0.25, -0.2) is 5.01 Å². The fourth-order valence-electron chi connectivity index (χ4n) is 4.99. The summed E-state index contributed by atoms with van der Waals surface area (Å²) in [6.07, 6.45) is 3.05. The lowest BCUT2D eigenvalue weighted by Crippen LogP contribution is -2.51. The highest BCUT2D eigenvalue weighted by Gasteiger charge is 2.39. The van der Waals surface area contributed by atoms with Crippen LogP contribution in [0, 0.1) is 0 Å². The van der Waals surface area contributed by atoms with Crippen LogP contribution in [0.2, 0.25) is 0 Å². The lowest BCUT2D eigenvalue weighted by Gasteiger charge is -2.33. The minimum atomic E-state index is -0.314. The van der Waals surface area contributed by atoms with Gasteiger partial charge in [-0.3, -0.25) is 19.2 Å². The van der Waals surface area contributed by atoms with Crippen molar-refractivity contribution < 1.29 is 19.2 Å². The van der Waals surface area contributed by atoms with Crippen molar-refractivity contribution >= 4 is 23.6 Å². The molecule has 176 valence electrons. The molecule has 34 heavy (non-hydrogen) atoms. The van der Waals surface area contributed by atoms with Gasteiger partial charge in [0.05, 0.1) is 6.54 Å². The number of fused-ring (bicyclic) bond motifs is 1. The summed E-state index contributed by atoms with van der Waals surface area (Å²) in [4.78, 5) is 52.1. The van der Waals surface area contributed by atoms with E-state index in [9.17, 15) is 19.2 Å². The van der Waals surface area contributed by atoms with Crippen molar-refractivity contribution in [3.8, 4) is 0 Å². The monoisotopic (exact) mass is 460 g/mol. The number of amides is 4. The van der Waals surface area contributed by atoms with Gasteiger partial charge in [0.25, 0.3) is 11.8 Å². The SMILES string of the molecule is O=C(c1ccccc1)N1CCC[C@@H](NCc2ccc3c(c2)CN(N2C(=O)CCCC2=O)C3=O)C1. The first-order valence-corrected chi connectivity index (χ1v) is 11.9. The van der Waals surface area contributed by atoms with E-state index in [2.05, 4.69) is 5.32 Å². The Morgan fingerprint density at radius 3 is 2.50 bits per heavy atom. The number of rotatable bonds is 5. The van der Waals surface area contributed by atoms with Crippen molar-refractivity contribution in [2.75, 3.05) is 13.1 Å². The number of carbonyl (C=O) groups is 4. The molecule has 0 spiro atoms. The topological polar surface area (TPSA) is 90.0 Å². The van der Waals surface area contributed by atoms with Crippen molar-refractivity contribution in [3.05, 3.63) is 70.8 Å². The maximum absolute atomic E-state index is 12.8. The zero-order valence-corrected chi connectivity index (χ0v) is 19.0. The fourth-order valence-corrected chi connectivity index (χ4v) is 4.99. The van der Waals surface area contributed by atoms with Crippen LogP contribution < -0.4 is 5.32 Å². The van der Waals surface area contributed by atoms with E-state index in [-0.39, 0.29) is 49.1 Å². The first kappa shape index (κ1) is 22.3. The van der Waals surface area contributed by atoms with Gasteiger partial charge < -0.3 is 10.2 Å². The maximum atomic E-state index is 12.8. The van der Waals surface area contributed by atoms with Gasteiger partial charge in [0.15, 0.2) is 0 Å². The Labute approximate surface area is 198 Å². The van der Waals surface area contributed by atoms with Crippen LogP contribution in [0.5, 0.6) is 0 Å². The van der Waals surface area contributed by atoms with Crippen molar-refractivity contribution in [2.45, 2.75) is 51.2 Å². The summed E-state index contributed by atoms with van der Waals surface area (Å²) in [7, 11) is 0. The Bertz CT molecular complexity index is 1120. The molecule has 3 heterocycles. The van der Waals surface area contributed by atoms with E-state index in [4.69, 9.17) is 0 Å². The molecule has 3 aliphatic rings. The zero-order chi connectivity index (χ0) is 23.7. The van der Waals surface area contributed by atoms with Gasteiger partial charge in [-0.05, 0) is 48.6 Å². The molecule has 0 aliphatic carbocycles. The second-order valence-electron chi connectivity index (χ2n) is 9.14. The largest absolute Gasteiger partial charge is 0.337 e. The predicted molar refractivity (Wildman–Crippen MR) is 124 cm³/mol. The second-order valence-corrected chi connectivity index (χ2v) is 9.14. The molecular weight excluding hydrogens is 432 g/mol. The van der Waals surface area contributed by atoms with E-state index >= 15 is 0 Å². The van der Waals surface area contributed by atoms with Crippen molar-refractivity contribution in [1.82, 2.24) is 20.2 Å². The number of benzene rings is 2. The third-order valence-electron chi connectivity index (χ3n) is 6.77. The van der Waals surface area contributed by atoms with Crippen LogP contribution >= 0.6 is 0 Å². The molecule has 2 fully saturated rings. The predicted octanol–water partition coefficient (Wildman–Crippen LogP) is 2.49. The number of carbonyl (C=O) groups excluding carboxylic acids is 4. The quantitative estimate of drug-likeness (QED) is 0.693. The molecule has 5 rings (SSSR count). The normalized spacial score (nSPS) is 20.6. The number of hydrogen-bond donors (Lipinski definition) is 1. The Balaban J connectivity index is 1.21. The standard InChI is InChI=1S/C26H28N4O4/c31-23-9-4-10-24(32)30(23)29-16-20-14-18(11-12-22(20)26(29)34)15-27-21-8-5-13-28(17-21)25(33)19-6-2-1-3-7-19/h1-3,6-7,11-12,14,21,27H,4-5,8-10,13,15-17H2/t21-/m1/s1. The van der Waals surface area contributed by atoms with Crippen LogP contribution in [0.25, 0.3) is 0 Å². The van der Waals surface area contributed by atoms with Gasteiger partial charge in [-0.1, -0.05) is 30.3 Å². The van der Waals surface area contributed by atoms with Crippen LogP contribution in [0.15, 0.2) is 48.5 Å². The molecule has 0 bridgehead atoms. The Morgan fingerprint density at radius 2 is 1.74 bits per heavy atom. The molecule has 0 unspecified atom stereocenters. The van der Waals surface area contributed by atoms with Gasteiger partial charge >= 0.3 is 0 Å². The van der Waals surface area contributed by atoms with Crippen LogP contribution in [0.3, 0.4) is 0 Å². The Hall–Kier alpha value is -3.52. The minimum absolute atomic E-state index is 0.0602. The highest BCUT2D eigenvalue weighted by atomic mass is 16.2. The highest BCUT2D eigenvalue weighted by molar-refractivity contribution is 6.04. The molecule has 2 aromatic carbocycles.